The molecule has 1 aliphatic carbocycles. The highest BCUT2D eigenvalue weighted by Gasteiger charge is 2.21. The van der Waals surface area contributed by atoms with Gasteiger partial charge in [-0.05, 0) is 67.2 Å². The molecule has 0 heterocycles. The number of terminal acetylenes is 1. The number of fused-ring (bicyclic) bond motifs is 1. The van der Waals surface area contributed by atoms with Crippen molar-refractivity contribution in [2.24, 2.45) is 0 Å². The van der Waals surface area contributed by atoms with E-state index in [4.69, 9.17) is 0 Å². The molecule has 0 nitrogen and oxygen atoms in total. The molecule has 0 spiro atoms. The molecule has 2 heteroatoms. The lowest BCUT2D eigenvalue weighted by Crippen LogP contribution is -2.10. The highest BCUT2D eigenvalue weighted by atomic mass is 79.9. The molecule has 25 heavy (non-hydrogen) atoms. The monoisotopic (exact) mass is 462 g/mol. The van der Waals surface area contributed by atoms with Gasteiger partial charge in [0.25, 0.3) is 0 Å². The van der Waals surface area contributed by atoms with Gasteiger partial charge in [-0.15, -0.1) is 12.8 Å². The van der Waals surface area contributed by atoms with Crippen molar-refractivity contribution >= 4 is 31.9 Å². The average molecular weight is 464 g/mol. The molecule has 0 saturated carbocycles. The first kappa shape index (κ1) is 22.0. The molecule has 0 unspecified atom stereocenters. The van der Waals surface area contributed by atoms with Gasteiger partial charge in [-0.1, -0.05) is 81.2 Å². The number of halogens is 2. The van der Waals surface area contributed by atoms with Crippen LogP contribution in [0.4, 0.5) is 0 Å². The van der Waals surface area contributed by atoms with E-state index in [0.717, 1.165) is 17.7 Å². The van der Waals surface area contributed by atoms with E-state index in [1.54, 1.807) is 11.1 Å². The van der Waals surface area contributed by atoms with Crippen LogP contribution in [0.3, 0.4) is 0 Å². The van der Waals surface area contributed by atoms with E-state index in [1.807, 2.05) is 6.07 Å². The van der Waals surface area contributed by atoms with Crippen molar-refractivity contribution in [3.8, 4) is 12.8 Å². The Hall–Kier alpha value is -1.04. The Morgan fingerprint density at radius 2 is 1.76 bits per heavy atom. The van der Waals surface area contributed by atoms with E-state index in [2.05, 4.69) is 94.1 Å². The van der Waals surface area contributed by atoms with Crippen molar-refractivity contribution in [1.29, 1.82) is 0 Å². The van der Waals surface area contributed by atoms with Gasteiger partial charge in [0.05, 0.1) is 0 Å². The summed E-state index contributed by atoms with van der Waals surface area (Å²) in [5, 5.41) is 1.13. The number of benzene rings is 2. The zero-order valence-corrected chi connectivity index (χ0v) is 18.2. The number of hydrogen-bond donors (Lipinski definition) is 0. The summed E-state index contributed by atoms with van der Waals surface area (Å²) in [6.07, 6.45) is 15.7. The first-order valence-electron chi connectivity index (χ1n) is 8.96. The molecule has 0 amide bonds. The maximum Gasteiger partial charge on any atom is 0.0212 e. The molecule has 0 bridgehead atoms. The number of hydrogen-bond acceptors (Lipinski definition) is 0. The van der Waals surface area contributed by atoms with E-state index in [9.17, 15) is 0 Å². The topological polar surface area (TPSA) is 0 Å². The largest absolute Gasteiger partial charge is 0.124 e. The molecule has 1 aliphatic rings. The quantitative estimate of drug-likeness (QED) is 0.324. The number of alkyl halides is 1. The van der Waals surface area contributed by atoms with E-state index in [1.165, 1.54) is 42.1 Å². The molecule has 0 N–H and O–H groups in total. The summed E-state index contributed by atoms with van der Waals surface area (Å²) in [6, 6.07) is 17.1. The van der Waals surface area contributed by atoms with E-state index < -0.39 is 0 Å². The zero-order valence-electron chi connectivity index (χ0n) is 15.1. The van der Waals surface area contributed by atoms with Gasteiger partial charge in [0.1, 0.15) is 0 Å². The maximum absolute atomic E-state index is 4.00. The molecular weight excluding hydrogens is 436 g/mol. The fourth-order valence-corrected chi connectivity index (χ4v) is 4.32. The third kappa shape index (κ3) is 7.38. The zero-order chi connectivity index (χ0) is 18.5. The summed E-state index contributed by atoms with van der Waals surface area (Å²) in [7, 11) is 0. The van der Waals surface area contributed by atoms with Gasteiger partial charge < -0.3 is 0 Å². The summed E-state index contributed by atoms with van der Waals surface area (Å²) in [6.45, 7) is 2.16. The minimum atomic E-state index is 0.780. The van der Waals surface area contributed by atoms with Gasteiger partial charge in [-0.2, -0.15) is 0 Å². The summed E-state index contributed by atoms with van der Waals surface area (Å²) in [5.41, 5.74) is 4.56. The third-order valence-corrected chi connectivity index (χ3v) is 5.74. The Morgan fingerprint density at radius 1 is 1.04 bits per heavy atom. The van der Waals surface area contributed by atoms with Crippen LogP contribution in [0.15, 0.2) is 53.0 Å². The Balaban J connectivity index is 0.000000264. The lowest BCUT2D eigenvalue weighted by molar-refractivity contribution is 0.515. The molecule has 0 saturated heterocycles. The smallest absolute Gasteiger partial charge is 0.0212 e. The molecule has 0 aliphatic heterocycles. The molecular formula is C23H28Br2. The summed E-state index contributed by atoms with van der Waals surface area (Å²) in [4.78, 5) is 0. The van der Waals surface area contributed by atoms with Crippen molar-refractivity contribution in [1.82, 2.24) is 0 Å². The predicted molar refractivity (Wildman–Crippen MR) is 119 cm³/mol. The number of aryl methyl sites for hydroxylation is 2. The van der Waals surface area contributed by atoms with E-state index in [-0.39, 0.29) is 0 Å². The van der Waals surface area contributed by atoms with Crippen LogP contribution in [0.1, 0.15) is 55.2 Å². The van der Waals surface area contributed by atoms with E-state index in [0.29, 0.717) is 0 Å². The highest BCUT2D eigenvalue weighted by molar-refractivity contribution is 9.10. The first-order chi connectivity index (χ1) is 12.3. The molecule has 0 fully saturated rings. The minimum Gasteiger partial charge on any atom is -0.124 e. The summed E-state index contributed by atoms with van der Waals surface area (Å²) < 4.78 is 1.32. The summed E-state index contributed by atoms with van der Waals surface area (Å²) in [5.74, 6) is 0.780. The Kier molecular flexibility index (Phi) is 11.6. The van der Waals surface area contributed by atoms with Gasteiger partial charge in [0.15, 0.2) is 0 Å². The van der Waals surface area contributed by atoms with Crippen LogP contribution in [-0.2, 0) is 12.8 Å². The van der Waals surface area contributed by atoms with Crippen molar-refractivity contribution in [3.63, 3.8) is 0 Å². The van der Waals surface area contributed by atoms with Crippen LogP contribution in [0, 0.1) is 12.8 Å². The Morgan fingerprint density at radius 3 is 2.36 bits per heavy atom. The molecule has 2 aromatic rings. The standard InChI is InChI=1S/C13H16Br2.C8H10.C2H2/c14-9-3-7-11-5-1-4-10-6-2-8-12(15)13(10)11;1-2-8-6-4-3-5-7-8;1-2/h2,6,8,11H,1,3-5,7,9H2;3-7H,2H2,1H3;1-2H/t11-;;/m1../s1. The van der Waals surface area contributed by atoms with Gasteiger partial charge in [0.2, 0.25) is 0 Å². The van der Waals surface area contributed by atoms with Crippen LogP contribution < -0.4 is 0 Å². The summed E-state index contributed by atoms with van der Waals surface area (Å²) >= 11 is 7.23. The van der Waals surface area contributed by atoms with Crippen LogP contribution in [0.5, 0.6) is 0 Å². The lowest BCUT2D eigenvalue weighted by atomic mass is 9.81. The minimum absolute atomic E-state index is 0.780. The van der Waals surface area contributed by atoms with Gasteiger partial charge in [-0.25, -0.2) is 0 Å². The second kappa shape index (κ2) is 13.2. The molecule has 2 aromatic carbocycles. The lowest BCUT2D eigenvalue weighted by Gasteiger charge is -2.26. The van der Waals surface area contributed by atoms with E-state index >= 15 is 0 Å². The molecule has 134 valence electrons. The van der Waals surface area contributed by atoms with Gasteiger partial charge >= 0.3 is 0 Å². The number of rotatable bonds is 4. The maximum atomic E-state index is 4.00. The van der Waals surface area contributed by atoms with Crippen LogP contribution in [0.2, 0.25) is 0 Å². The van der Waals surface area contributed by atoms with Crippen molar-refractivity contribution in [2.75, 3.05) is 5.33 Å². The van der Waals surface area contributed by atoms with Gasteiger partial charge in [0, 0.05) is 9.80 Å². The first-order valence-corrected chi connectivity index (χ1v) is 10.9. The molecule has 1 atom stereocenters. The highest BCUT2D eigenvalue weighted by Crippen LogP contribution is 2.39. The Labute approximate surface area is 170 Å². The fraction of sp³-hybridized carbons (Fsp3) is 0.391. The van der Waals surface area contributed by atoms with Crippen molar-refractivity contribution < 1.29 is 0 Å². The van der Waals surface area contributed by atoms with Crippen LogP contribution in [0.25, 0.3) is 0 Å². The predicted octanol–water partition coefficient (Wildman–Crippen LogP) is 7.54. The molecule has 0 radical (unpaired) electrons. The SMILES string of the molecule is BrCCC[C@H]1CCCc2cccc(Br)c21.C#C.CCc1ccccc1. The third-order valence-electron chi connectivity index (χ3n) is 4.49. The second-order valence-corrected chi connectivity index (χ2v) is 7.72. The van der Waals surface area contributed by atoms with Crippen LogP contribution >= 0.6 is 31.9 Å². The Bertz CT molecular complexity index is 616. The second-order valence-electron chi connectivity index (χ2n) is 6.07. The molecule has 0 aromatic heterocycles. The molecule has 3 rings (SSSR count). The van der Waals surface area contributed by atoms with Crippen LogP contribution in [-0.4, -0.2) is 5.33 Å². The van der Waals surface area contributed by atoms with Crippen molar-refractivity contribution in [2.45, 2.75) is 51.4 Å². The fourth-order valence-electron chi connectivity index (χ4n) is 3.27. The van der Waals surface area contributed by atoms with Gasteiger partial charge in [-0.3, -0.25) is 0 Å². The van der Waals surface area contributed by atoms with Crippen molar-refractivity contribution in [3.05, 3.63) is 69.7 Å². The normalized spacial score (nSPS) is 15.0. The average Bonchev–Trinajstić information content (AvgIpc) is 2.69.